The predicted molar refractivity (Wildman–Crippen MR) is 69.9 cm³/mol. The molecule has 0 rings (SSSR count). The van der Waals surface area contributed by atoms with Crippen LogP contribution in [0.1, 0.15) is 27.2 Å². The van der Waals surface area contributed by atoms with Crippen molar-refractivity contribution in [3.8, 4) is 0 Å². The van der Waals surface area contributed by atoms with Gasteiger partial charge in [0.2, 0.25) is 5.91 Å². The molecule has 17 heavy (non-hydrogen) atoms. The Morgan fingerprint density at radius 2 is 2.12 bits per heavy atom. The lowest BCUT2D eigenvalue weighted by Crippen LogP contribution is -2.61. The third kappa shape index (κ3) is 6.61. The van der Waals surface area contributed by atoms with E-state index in [1.165, 1.54) is 0 Å². The van der Waals surface area contributed by atoms with Crippen molar-refractivity contribution in [2.45, 2.75) is 38.8 Å². The van der Waals surface area contributed by atoms with Gasteiger partial charge in [0.1, 0.15) is 5.54 Å². The summed E-state index contributed by atoms with van der Waals surface area (Å²) >= 11 is 0. The Hall–Kier alpha value is -0.650. The molecule has 1 atom stereocenters. The quantitative estimate of drug-likeness (QED) is 0.569. The topological polar surface area (TPSA) is 67.6 Å². The molecule has 0 aliphatic carbocycles. The molecule has 0 fully saturated rings. The zero-order valence-corrected chi connectivity index (χ0v) is 11.7. The molecule has 5 heteroatoms. The van der Waals surface area contributed by atoms with Crippen LogP contribution in [0.2, 0.25) is 0 Å². The third-order valence-electron chi connectivity index (χ3n) is 2.63. The highest BCUT2D eigenvalue weighted by atomic mass is 16.5. The summed E-state index contributed by atoms with van der Waals surface area (Å²) in [6.07, 6.45) is 0.948. The summed E-state index contributed by atoms with van der Waals surface area (Å²) in [4.78, 5) is 13.6. The lowest BCUT2D eigenvalue weighted by molar-refractivity contribution is -0.124. The molecule has 0 radical (unpaired) electrons. The Labute approximate surface area is 105 Å². The normalized spacial score (nSPS) is 15.2. The highest BCUT2D eigenvalue weighted by Gasteiger charge is 2.32. The summed E-state index contributed by atoms with van der Waals surface area (Å²) < 4.78 is 5.00. The van der Waals surface area contributed by atoms with Gasteiger partial charge in [-0.25, -0.2) is 0 Å². The van der Waals surface area contributed by atoms with Gasteiger partial charge in [-0.3, -0.25) is 4.79 Å². The fraction of sp³-hybridized carbons (Fsp3) is 0.917. The zero-order chi connectivity index (χ0) is 13.5. The largest absolute Gasteiger partial charge is 0.385 e. The zero-order valence-electron chi connectivity index (χ0n) is 11.7. The summed E-state index contributed by atoms with van der Waals surface area (Å²) in [5.74, 6) is -0.315. The molecule has 0 bridgehead atoms. The first kappa shape index (κ1) is 16.4. The molecule has 1 unspecified atom stereocenters. The third-order valence-corrected chi connectivity index (χ3v) is 2.63. The first-order chi connectivity index (χ1) is 7.81. The van der Waals surface area contributed by atoms with Crippen LogP contribution in [0.15, 0.2) is 0 Å². The molecule has 3 N–H and O–H groups in total. The van der Waals surface area contributed by atoms with Crippen molar-refractivity contribution in [2.24, 2.45) is 5.73 Å². The minimum Gasteiger partial charge on any atom is -0.385 e. The number of hydrogen-bond donors (Lipinski definition) is 2. The highest BCUT2D eigenvalue weighted by molar-refractivity contribution is 5.84. The molecule has 0 aromatic carbocycles. The maximum Gasteiger partial charge on any atom is 0.238 e. The second kappa shape index (κ2) is 7.63. The van der Waals surface area contributed by atoms with Gasteiger partial charge in [-0.2, -0.15) is 0 Å². The van der Waals surface area contributed by atoms with Crippen LogP contribution in [0.25, 0.3) is 0 Å². The number of hydrogen-bond acceptors (Lipinski definition) is 4. The Morgan fingerprint density at radius 1 is 1.53 bits per heavy atom. The SMILES string of the molecule is COCCCN(C)CC(C)(NC(C)C)C(N)=O. The molecule has 0 saturated carbocycles. The van der Waals surface area contributed by atoms with Crippen molar-refractivity contribution in [3.63, 3.8) is 0 Å². The first-order valence-corrected chi connectivity index (χ1v) is 6.07. The average molecular weight is 245 g/mol. The van der Waals surface area contributed by atoms with Crippen molar-refractivity contribution < 1.29 is 9.53 Å². The standard InChI is InChI=1S/C12H27N3O2/c1-10(2)14-12(3,11(13)16)9-15(4)7-6-8-17-5/h10,14H,6-9H2,1-5H3,(H2,13,16). The first-order valence-electron chi connectivity index (χ1n) is 6.07. The van der Waals surface area contributed by atoms with Crippen molar-refractivity contribution in [3.05, 3.63) is 0 Å². The van der Waals surface area contributed by atoms with E-state index in [4.69, 9.17) is 10.5 Å². The highest BCUT2D eigenvalue weighted by Crippen LogP contribution is 2.07. The van der Waals surface area contributed by atoms with E-state index >= 15 is 0 Å². The maximum absolute atomic E-state index is 11.5. The number of rotatable bonds is 9. The van der Waals surface area contributed by atoms with Gasteiger partial charge in [0.25, 0.3) is 0 Å². The van der Waals surface area contributed by atoms with E-state index in [9.17, 15) is 4.79 Å². The van der Waals surface area contributed by atoms with Gasteiger partial charge in [0.05, 0.1) is 0 Å². The Morgan fingerprint density at radius 3 is 2.53 bits per heavy atom. The maximum atomic E-state index is 11.5. The molecule has 1 amide bonds. The number of carbonyl (C=O) groups is 1. The van der Waals surface area contributed by atoms with E-state index in [1.54, 1.807) is 7.11 Å². The molecule has 0 aromatic rings. The van der Waals surface area contributed by atoms with Crippen LogP contribution < -0.4 is 11.1 Å². The number of carbonyl (C=O) groups excluding carboxylic acids is 1. The molecule has 0 saturated heterocycles. The minimum absolute atomic E-state index is 0.222. The van der Waals surface area contributed by atoms with Crippen LogP contribution in [0.3, 0.4) is 0 Å². The Balaban J connectivity index is 4.28. The van der Waals surface area contributed by atoms with Crippen LogP contribution in [0, 0.1) is 0 Å². The molecule has 0 aliphatic heterocycles. The van der Waals surface area contributed by atoms with Gasteiger partial charge < -0.3 is 20.7 Å². The van der Waals surface area contributed by atoms with Crippen LogP contribution in [0.5, 0.6) is 0 Å². The second-order valence-electron chi connectivity index (χ2n) is 5.08. The van der Waals surface area contributed by atoms with Crippen LogP contribution in [-0.2, 0) is 9.53 Å². The van der Waals surface area contributed by atoms with Gasteiger partial charge in [0, 0.05) is 32.8 Å². The number of nitrogens with one attached hydrogen (secondary N) is 1. The van der Waals surface area contributed by atoms with Crippen LogP contribution in [0.4, 0.5) is 0 Å². The van der Waals surface area contributed by atoms with E-state index in [2.05, 4.69) is 10.2 Å². The lowest BCUT2D eigenvalue weighted by Gasteiger charge is -2.33. The van der Waals surface area contributed by atoms with Crippen molar-refractivity contribution in [1.82, 2.24) is 10.2 Å². The van der Waals surface area contributed by atoms with Gasteiger partial charge in [-0.1, -0.05) is 0 Å². The van der Waals surface area contributed by atoms with Gasteiger partial charge in [-0.15, -0.1) is 0 Å². The molecular weight excluding hydrogens is 218 g/mol. The molecular formula is C12H27N3O2. The number of nitrogens with zero attached hydrogens (tertiary/aromatic N) is 1. The number of likely N-dealkylation sites (N-methyl/N-ethyl adjacent to an activating group) is 1. The van der Waals surface area contributed by atoms with Gasteiger partial charge >= 0.3 is 0 Å². The van der Waals surface area contributed by atoms with Crippen LogP contribution >= 0.6 is 0 Å². The molecule has 0 aromatic heterocycles. The van der Waals surface area contributed by atoms with Gasteiger partial charge in [0.15, 0.2) is 0 Å². The number of primary amides is 1. The summed E-state index contributed by atoms with van der Waals surface area (Å²) in [5.41, 5.74) is 4.79. The van der Waals surface area contributed by atoms with E-state index < -0.39 is 5.54 Å². The molecule has 0 heterocycles. The van der Waals surface area contributed by atoms with Crippen molar-refractivity contribution in [2.75, 3.05) is 33.9 Å². The summed E-state index contributed by atoms with van der Waals surface area (Å²) in [6.45, 7) is 8.08. The molecule has 0 spiro atoms. The summed E-state index contributed by atoms with van der Waals surface area (Å²) in [6, 6.07) is 0.222. The molecule has 0 aliphatic rings. The smallest absolute Gasteiger partial charge is 0.238 e. The van der Waals surface area contributed by atoms with Gasteiger partial charge in [-0.05, 0) is 34.2 Å². The van der Waals surface area contributed by atoms with Crippen molar-refractivity contribution in [1.29, 1.82) is 0 Å². The van der Waals surface area contributed by atoms with E-state index in [0.29, 0.717) is 6.54 Å². The summed E-state index contributed by atoms with van der Waals surface area (Å²) in [5, 5.41) is 3.23. The van der Waals surface area contributed by atoms with E-state index in [1.807, 2.05) is 27.8 Å². The number of ether oxygens (including phenoxy) is 1. The lowest BCUT2D eigenvalue weighted by atomic mass is 9.99. The Kier molecular flexibility index (Phi) is 7.34. The fourth-order valence-electron chi connectivity index (χ4n) is 1.93. The molecule has 102 valence electrons. The average Bonchev–Trinajstić information content (AvgIpc) is 2.16. The monoisotopic (exact) mass is 245 g/mol. The number of nitrogens with two attached hydrogens (primary N) is 1. The second-order valence-corrected chi connectivity index (χ2v) is 5.08. The fourth-order valence-corrected chi connectivity index (χ4v) is 1.93. The van der Waals surface area contributed by atoms with Crippen molar-refractivity contribution >= 4 is 5.91 Å². The van der Waals surface area contributed by atoms with E-state index in [-0.39, 0.29) is 11.9 Å². The van der Waals surface area contributed by atoms with E-state index in [0.717, 1.165) is 19.6 Å². The predicted octanol–water partition coefficient (Wildman–Crippen LogP) is 0.197. The summed E-state index contributed by atoms with van der Waals surface area (Å²) in [7, 11) is 3.67. The Bertz CT molecular complexity index is 234. The molecule has 5 nitrogen and oxygen atoms in total. The van der Waals surface area contributed by atoms with Crippen LogP contribution in [-0.4, -0.2) is 56.2 Å². The minimum atomic E-state index is -0.685. The number of methoxy groups -OCH3 is 1. The number of amides is 1.